The molecule has 0 aliphatic heterocycles. The number of aryl methyl sites for hydroxylation is 2. The summed E-state index contributed by atoms with van der Waals surface area (Å²) in [5.74, 6) is 0.0369. The summed E-state index contributed by atoms with van der Waals surface area (Å²) in [7, 11) is 1.58. The van der Waals surface area contributed by atoms with Crippen LogP contribution < -0.4 is 9.47 Å². The van der Waals surface area contributed by atoms with Crippen molar-refractivity contribution in [2.75, 3.05) is 13.9 Å². The zero-order chi connectivity index (χ0) is 23.1. The van der Waals surface area contributed by atoms with Gasteiger partial charge in [0.25, 0.3) is 0 Å². The molecule has 0 amide bonds. The Morgan fingerprint density at radius 2 is 1.66 bits per heavy atom. The summed E-state index contributed by atoms with van der Waals surface area (Å²) in [5, 5.41) is 11.1. The second kappa shape index (κ2) is 10.4. The van der Waals surface area contributed by atoms with Crippen LogP contribution in [-0.4, -0.2) is 24.8 Å². The number of hydrogen-bond acceptors (Lipinski definition) is 6. The molecule has 0 atom stereocenters. The summed E-state index contributed by atoms with van der Waals surface area (Å²) < 4.78 is 15.8. The number of esters is 1. The molecular weight excluding hydrogens is 410 g/mol. The number of rotatable bonds is 8. The van der Waals surface area contributed by atoms with Crippen LogP contribution in [0.15, 0.2) is 60.7 Å². The summed E-state index contributed by atoms with van der Waals surface area (Å²) in [6.07, 6.45) is 3.82. The van der Waals surface area contributed by atoms with Crippen LogP contribution in [-0.2, 0) is 4.74 Å². The number of carbonyl (C=O) groups excluding carboxylic acids is 1. The minimum Gasteiger partial charge on any atom is -0.467 e. The van der Waals surface area contributed by atoms with Gasteiger partial charge in [-0.05, 0) is 66.4 Å². The van der Waals surface area contributed by atoms with Crippen molar-refractivity contribution in [2.24, 2.45) is 0 Å². The molecule has 0 radical (unpaired) electrons. The summed E-state index contributed by atoms with van der Waals surface area (Å²) >= 11 is 0. The van der Waals surface area contributed by atoms with Crippen molar-refractivity contribution in [2.45, 2.75) is 13.8 Å². The first-order chi connectivity index (χ1) is 15.4. The fraction of sp³-hybridized carbons (Fsp3) is 0.160. The van der Waals surface area contributed by atoms with E-state index >= 15 is 0 Å². The van der Waals surface area contributed by atoms with Crippen LogP contribution in [0.1, 0.15) is 32.6 Å². The maximum Gasteiger partial charge on any atom is 0.343 e. The third kappa shape index (κ3) is 5.59. The van der Waals surface area contributed by atoms with E-state index in [0.29, 0.717) is 5.56 Å². The molecule has 7 heteroatoms. The van der Waals surface area contributed by atoms with Gasteiger partial charge in [-0.15, -0.1) is 0 Å². The highest BCUT2D eigenvalue weighted by Crippen LogP contribution is 2.27. The molecule has 0 bridgehead atoms. The molecule has 3 aromatic rings. The number of methoxy groups -OCH3 is 1. The number of ether oxygens (including phenoxy) is 3. The molecule has 0 saturated heterocycles. The van der Waals surface area contributed by atoms with E-state index in [-0.39, 0.29) is 18.2 Å². The van der Waals surface area contributed by atoms with E-state index in [0.717, 1.165) is 28.0 Å². The molecule has 32 heavy (non-hydrogen) atoms. The minimum absolute atomic E-state index is 0.0924. The molecule has 0 unspecified atom stereocenters. The normalized spacial score (nSPS) is 10.8. The summed E-state index contributed by atoms with van der Waals surface area (Å²) in [6, 6.07) is 16.6. The standard InChI is InChI=1S/C25H23NO6/c1-17-13-20(14-18(2)24(17)31-16-30-3)12-11-19-7-6-8-21(15-19)25(27)32-23-10-5-4-9-22(23)26(28)29/h4-15H,16H2,1-3H3/b12-11+. The van der Waals surface area contributed by atoms with E-state index in [1.807, 2.05) is 44.2 Å². The number of nitrogens with zero attached hydrogens (tertiary/aromatic N) is 1. The molecule has 0 fully saturated rings. The third-order valence-electron chi connectivity index (χ3n) is 4.66. The first kappa shape index (κ1) is 22.7. The van der Waals surface area contributed by atoms with Gasteiger partial charge < -0.3 is 14.2 Å². The van der Waals surface area contributed by atoms with Crippen molar-refractivity contribution in [1.29, 1.82) is 0 Å². The van der Waals surface area contributed by atoms with Gasteiger partial charge in [0.05, 0.1) is 10.5 Å². The molecule has 0 spiro atoms. The first-order valence-electron chi connectivity index (χ1n) is 9.85. The average molecular weight is 433 g/mol. The van der Waals surface area contributed by atoms with Crippen LogP contribution in [0.5, 0.6) is 11.5 Å². The highest BCUT2D eigenvalue weighted by atomic mass is 16.7. The van der Waals surface area contributed by atoms with Gasteiger partial charge in [-0.2, -0.15) is 0 Å². The molecule has 0 aliphatic carbocycles. The topological polar surface area (TPSA) is 87.9 Å². The molecule has 0 aliphatic rings. The van der Waals surface area contributed by atoms with Crippen LogP contribution in [0.2, 0.25) is 0 Å². The Labute approximate surface area is 186 Å². The smallest absolute Gasteiger partial charge is 0.343 e. The van der Waals surface area contributed by atoms with E-state index in [4.69, 9.17) is 14.2 Å². The van der Waals surface area contributed by atoms with Crippen LogP contribution in [0.3, 0.4) is 0 Å². The van der Waals surface area contributed by atoms with Crippen molar-refractivity contribution in [3.63, 3.8) is 0 Å². The number of para-hydroxylation sites is 2. The fourth-order valence-corrected chi connectivity index (χ4v) is 3.24. The largest absolute Gasteiger partial charge is 0.467 e. The van der Waals surface area contributed by atoms with E-state index < -0.39 is 10.9 Å². The molecule has 164 valence electrons. The Bertz CT molecular complexity index is 1150. The Morgan fingerprint density at radius 1 is 0.969 bits per heavy atom. The van der Waals surface area contributed by atoms with E-state index in [1.54, 1.807) is 31.4 Å². The van der Waals surface area contributed by atoms with E-state index in [9.17, 15) is 14.9 Å². The summed E-state index contributed by atoms with van der Waals surface area (Å²) in [4.78, 5) is 23.1. The maximum absolute atomic E-state index is 12.5. The van der Waals surface area contributed by atoms with Crippen molar-refractivity contribution >= 4 is 23.8 Å². The summed E-state index contributed by atoms with van der Waals surface area (Å²) in [5.41, 5.74) is 3.78. The van der Waals surface area contributed by atoms with Gasteiger partial charge in [0.15, 0.2) is 6.79 Å². The highest BCUT2D eigenvalue weighted by Gasteiger charge is 2.18. The van der Waals surface area contributed by atoms with Gasteiger partial charge in [0, 0.05) is 13.2 Å². The Morgan fingerprint density at radius 3 is 2.34 bits per heavy atom. The van der Waals surface area contributed by atoms with Crippen LogP contribution in [0, 0.1) is 24.0 Å². The number of carbonyl (C=O) groups is 1. The average Bonchev–Trinajstić information content (AvgIpc) is 2.77. The summed E-state index contributed by atoms with van der Waals surface area (Å²) in [6.45, 7) is 4.12. The van der Waals surface area contributed by atoms with Crippen molar-refractivity contribution in [3.8, 4) is 11.5 Å². The highest BCUT2D eigenvalue weighted by molar-refractivity contribution is 5.92. The molecule has 0 saturated carbocycles. The Hall–Kier alpha value is -3.97. The third-order valence-corrected chi connectivity index (χ3v) is 4.66. The van der Waals surface area contributed by atoms with Crippen molar-refractivity contribution < 1.29 is 23.9 Å². The van der Waals surface area contributed by atoms with Gasteiger partial charge in [0.1, 0.15) is 5.75 Å². The van der Waals surface area contributed by atoms with Crippen molar-refractivity contribution in [3.05, 3.63) is 98.6 Å². The predicted octanol–water partition coefficient (Wildman–Crippen LogP) is 5.58. The van der Waals surface area contributed by atoms with Gasteiger partial charge in [-0.3, -0.25) is 10.1 Å². The van der Waals surface area contributed by atoms with Gasteiger partial charge in [-0.25, -0.2) is 4.79 Å². The van der Waals surface area contributed by atoms with E-state index in [1.165, 1.54) is 18.2 Å². The zero-order valence-electron chi connectivity index (χ0n) is 18.0. The number of hydrogen-bond donors (Lipinski definition) is 0. The lowest BCUT2D eigenvalue weighted by Crippen LogP contribution is -2.09. The van der Waals surface area contributed by atoms with Gasteiger partial charge in [-0.1, -0.05) is 36.4 Å². The second-order valence-electron chi connectivity index (χ2n) is 7.11. The number of nitro groups is 1. The van der Waals surface area contributed by atoms with Gasteiger partial charge in [0.2, 0.25) is 5.75 Å². The lowest BCUT2D eigenvalue weighted by molar-refractivity contribution is -0.385. The van der Waals surface area contributed by atoms with E-state index in [2.05, 4.69) is 0 Å². The van der Waals surface area contributed by atoms with Crippen LogP contribution >= 0.6 is 0 Å². The first-order valence-corrected chi connectivity index (χ1v) is 9.85. The molecule has 3 aromatic carbocycles. The number of benzene rings is 3. The zero-order valence-corrected chi connectivity index (χ0v) is 18.0. The number of nitro benzene ring substituents is 1. The van der Waals surface area contributed by atoms with Crippen molar-refractivity contribution in [1.82, 2.24) is 0 Å². The Kier molecular flexibility index (Phi) is 7.36. The van der Waals surface area contributed by atoms with Crippen LogP contribution in [0.4, 0.5) is 5.69 Å². The van der Waals surface area contributed by atoms with Crippen LogP contribution in [0.25, 0.3) is 12.2 Å². The molecule has 0 N–H and O–H groups in total. The predicted molar refractivity (Wildman–Crippen MR) is 122 cm³/mol. The molecule has 0 heterocycles. The van der Waals surface area contributed by atoms with Gasteiger partial charge >= 0.3 is 11.7 Å². The monoisotopic (exact) mass is 433 g/mol. The minimum atomic E-state index is -0.666. The lowest BCUT2D eigenvalue weighted by Gasteiger charge is -2.12. The SMILES string of the molecule is COCOc1c(C)cc(/C=C/c2cccc(C(=O)Oc3ccccc3[N+](=O)[O-])c2)cc1C. The fourth-order valence-electron chi connectivity index (χ4n) is 3.24. The molecule has 7 nitrogen and oxygen atoms in total. The molecule has 3 rings (SSSR count). The quantitative estimate of drug-likeness (QED) is 0.115. The maximum atomic E-state index is 12.5. The molecule has 0 aromatic heterocycles. The second-order valence-corrected chi connectivity index (χ2v) is 7.11. The Balaban J connectivity index is 1.77. The molecular formula is C25H23NO6. The lowest BCUT2D eigenvalue weighted by atomic mass is 10.0.